The largest absolute Gasteiger partial charge is 0.507 e. The van der Waals surface area contributed by atoms with Gasteiger partial charge in [0.05, 0.1) is 29.8 Å². The topological polar surface area (TPSA) is 169 Å². The van der Waals surface area contributed by atoms with Crippen molar-refractivity contribution in [1.29, 1.82) is 0 Å². The van der Waals surface area contributed by atoms with Crippen molar-refractivity contribution >= 4 is 22.5 Å². The van der Waals surface area contributed by atoms with E-state index < -0.39 is 10.1 Å². The number of ether oxygens (including phenoxy) is 2. The van der Waals surface area contributed by atoms with Crippen molar-refractivity contribution < 1.29 is 49.4 Å². The standard InChI is InChI=1S/C54H71N5O4.C7H8O3S.Co/c1-12-38-29-43(63-35-37-20-14-13-15-21-37)26-36(2)51(38)62-25-19-18-24-59-34-48(57-58-59)39-27-40(49(60)44(30-39)53(6,7)8)32-55-46-22-16-17-23-47(46)56-33-41-28-42(52(3,4)5)31-45(50(41)61)54(9,10)11;1-6-2-4-7(5-3-6)11(8,9)10;/h13-15,20-21,26-34,46-47,60-61H,12,16-19,22-25,35H2,1-11H3;2-5H,1H3,(H,8,9,10);/t46-,47+;;/m0../s1. The minimum absolute atomic E-state index is 0. The first-order valence-electron chi connectivity index (χ1n) is 26.0. The smallest absolute Gasteiger partial charge is 0.294 e. The summed E-state index contributed by atoms with van der Waals surface area (Å²) in [4.78, 5) is 10.1. The van der Waals surface area contributed by atoms with Crippen LogP contribution in [-0.4, -0.2) is 69.3 Å². The van der Waals surface area contributed by atoms with E-state index in [1.165, 1.54) is 17.7 Å². The minimum Gasteiger partial charge on any atom is -0.507 e. The molecule has 0 aliphatic heterocycles. The van der Waals surface area contributed by atoms with Crippen LogP contribution in [0.1, 0.15) is 158 Å². The summed E-state index contributed by atoms with van der Waals surface area (Å²) in [5, 5.41) is 32.1. The van der Waals surface area contributed by atoms with Gasteiger partial charge in [-0.25, -0.2) is 0 Å². The van der Waals surface area contributed by atoms with Gasteiger partial charge in [0.1, 0.15) is 35.3 Å². The molecule has 75 heavy (non-hydrogen) atoms. The zero-order chi connectivity index (χ0) is 54.0. The quantitative estimate of drug-likeness (QED) is 0.0485. The van der Waals surface area contributed by atoms with Crippen LogP contribution in [0.5, 0.6) is 23.0 Å². The zero-order valence-electron chi connectivity index (χ0n) is 46.1. The average molecular weight is 1090 g/mol. The van der Waals surface area contributed by atoms with Gasteiger partial charge >= 0.3 is 0 Å². The molecule has 1 aromatic heterocycles. The number of unbranched alkanes of at least 4 members (excludes halogenated alkanes) is 1. The molecule has 6 aromatic rings. The number of rotatable bonds is 16. The fourth-order valence-electron chi connectivity index (χ4n) is 8.93. The summed E-state index contributed by atoms with van der Waals surface area (Å²) in [6.45, 7) is 27.2. The molecule has 0 unspecified atom stereocenters. The van der Waals surface area contributed by atoms with Gasteiger partial charge in [-0.3, -0.25) is 19.2 Å². The number of aromatic hydroxyl groups is 2. The van der Waals surface area contributed by atoms with E-state index in [1.807, 2.05) is 60.6 Å². The Kier molecular flexibility index (Phi) is 20.7. The van der Waals surface area contributed by atoms with Gasteiger partial charge < -0.3 is 19.7 Å². The van der Waals surface area contributed by atoms with Crippen molar-refractivity contribution in [3.8, 4) is 34.3 Å². The van der Waals surface area contributed by atoms with E-state index in [0.717, 1.165) is 107 Å². The fraction of sp³-hybridized carbons (Fsp3) is 0.443. The summed E-state index contributed by atoms with van der Waals surface area (Å²) in [5.41, 5.74) is 9.65. The molecule has 3 N–H and O–H groups in total. The molecule has 1 radical (unpaired) electrons. The van der Waals surface area contributed by atoms with E-state index in [0.29, 0.717) is 31.1 Å². The molecule has 14 heteroatoms. The van der Waals surface area contributed by atoms with Gasteiger partial charge in [-0.1, -0.05) is 141 Å². The molecule has 5 aromatic carbocycles. The van der Waals surface area contributed by atoms with Gasteiger partial charge in [-0.15, -0.1) is 5.10 Å². The molecule has 0 saturated heterocycles. The number of aryl methyl sites for hydroxylation is 4. The Labute approximate surface area is 457 Å². The summed E-state index contributed by atoms with van der Waals surface area (Å²) in [5.74, 6) is 2.32. The Morgan fingerprint density at radius 2 is 1.32 bits per heavy atom. The van der Waals surface area contributed by atoms with E-state index >= 15 is 0 Å². The van der Waals surface area contributed by atoms with Crippen LogP contribution in [0.3, 0.4) is 0 Å². The Balaban J connectivity index is 0.000000769. The van der Waals surface area contributed by atoms with Crippen molar-refractivity contribution in [3.63, 3.8) is 0 Å². The molecule has 0 bridgehead atoms. The second-order valence-corrected chi connectivity index (χ2v) is 24.1. The summed E-state index contributed by atoms with van der Waals surface area (Å²) in [6, 6.07) is 28.5. The monoisotopic (exact) mass is 1080 g/mol. The van der Waals surface area contributed by atoms with Crippen LogP contribution in [-0.2, 0) is 62.7 Å². The zero-order valence-corrected chi connectivity index (χ0v) is 47.9. The SMILES string of the molecule is CCc1cc(OCc2ccccc2)cc(C)c1OCCCCn1cc(-c2cc(C=N[C@H]3CCCC[C@H]3N=Cc3cc(C(C)(C)C)cc(C(C)(C)C)c3O)c(O)c(C(C)(C)C)c2)nn1.Cc1ccc(S(=O)(=O)O)cc1.[Co]. The molecule has 7 rings (SSSR count). The van der Waals surface area contributed by atoms with Crippen molar-refractivity contribution in [2.24, 2.45) is 9.98 Å². The third-order valence-electron chi connectivity index (χ3n) is 13.4. The average Bonchev–Trinajstić information content (AvgIpc) is 3.81. The molecule has 2 atom stereocenters. The Bertz CT molecular complexity index is 3000. The predicted molar refractivity (Wildman–Crippen MR) is 300 cm³/mol. The Morgan fingerprint density at radius 1 is 0.733 bits per heavy atom. The normalized spacial score (nSPS) is 15.4. The van der Waals surface area contributed by atoms with Gasteiger partial charge in [0, 0.05) is 63.6 Å². The van der Waals surface area contributed by atoms with Gasteiger partial charge in [0.25, 0.3) is 10.1 Å². The minimum atomic E-state index is -4.02. The number of phenolic OH excluding ortho intramolecular Hbond substituents is 2. The van der Waals surface area contributed by atoms with Crippen LogP contribution in [0.15, 0.2) is 112 Å². The number of benzene rings is 5. The van der Waals surface area contributed by atoms with E-state index in [4.69, 9.17) is 24.0 Å². The molecule has 1 fully saturated rings. The summed E-state index contributed by atoms with van der Waals surface area (Å²) < 4.78 is 43.9. The first kappa shape index (κ1) is 60.1. The molecular formula is C61H79CoN5O7S. The maximum absolute atomic E-state index is 11.6. The number of hydrogen-bond donors (Lipinski definition) is 3. The third-order valence-corrected chi connectivity index (χ3v) is 14.3. The van der Waals surface area contributed by atoms with Gasteiger partial charge in [0.15, 0.2) is 0 Å². The number of aromatic nitrogens is 3. The first-order chi connectivity index (χ1) is 34.8. The van der Waals surface area contributed by atoms with Crippen molar-refractivity contribution in [2.75, 3.05) is 6.61 Å². The summed E-state index contributed by atoms with van der Waals surface area (Å²) in [6.07, 6.45) is 12.2. The second-order valence-electron chi connectivity index (χ2n) is 22.7. The molecular weight excluding hydrogens is 1010 g/mol. The summed E-state index contributed by atoms with van der Waals surface area (Å²) >= 11 is 0. The molecule has 405 valence electrons. The van der Waals surface area contributed by atoms with E-state index in [9.17, 15) is 18.6 Å². The van der Waals surface area contributed by atoms with E-state index in [2.05, 4.69) is 123 Å². The number of aliphatic imine (C=N–C) groups is 2. The summed E-state index contributed by atoms with van der Waals surface area (Å²) in [7, 11) is -4.02. The molecule has 1 aliphatic carbocycles. The van der Waals surface area contributed by atoms with Crippen LogP contribution in [0.4, 0.5) is 0 Å². The number of hydrogen-bond acceptors (Lipinski definition) is 10. The third kappa shape index (κ3) is 16.8. The first-order valence-corrected chi connectivity index (χ1v) is 27.4. The maximum Gasteiger partial charge on any atom is 0.294 e. The van der Waals surface area contributed by atoms with Gasteiger partial charge in [0.2, 0.25) is 0 Å². The van der Waals surface area contributed by atoms with E-state index in [1.54, 1.807) is 12.1 Å². The van der Waals surface area contributed by atoms with Crippen LogP contribution in [0.25, 0.3) is 11.3 Å². The molecule has 1 aliphatic rings. The van der Waals surface area contributed by atoms with Crippen LogP contribution >= 0.6 is 0 Å². The predicted octanol–water partition coefficient (Wildman–Crippen LogP) is 13.6. The number of phenols is 2. The fourth-order valence-corrected chi connectivity index (χ4v) is 9.41. The van der Waals surface area contributed by atoms with Crippen LogP contribution in [0, 0.1) is 13.8 Å². The maximum atomic E-state index is 11.6. The van der Waals surface area contributed by atoms with Gasteiger partial charge in [-0.05, 0) is 127 Å². The molecule has 0 spiro atoms. The van der Waals surface area contributed by atoms with E-state index in [-0.39, 0.29) is 55.8 Å². The van der Waals surface area contributed by atoms with Gasteiger partial charge in [-0.2, -0.15) is 8.42 Å². The Hall–Kier alpha value is -5.80. The van der Waals surface area contributed by atoms with Crippen molar-refractivity contribution in [1.82, 2.24) is 15.0 Å². The van der Waals surface area contributed by atoms with Crippen molar-refractivity contribution in [3.05, 3.63) is 147 Å². The number of nitrogens with zero attached hydrogens (tertiary/aromatic N) is 5. The molecule has 12 nitrogen and oxygen atoms in total. The van der Waals surface area contributed by atoms with Crippen LogP contribution in [0.2, 0.25) is 0 Å². The molecule has 0 amide bonds. The van der Waals surface area contributed by atoms with Crippen molar-refractivity contribution in [2.45, 2.75) is 174 Å². The van der Waals surface area contributed by atoms with Crippen LogP contribution < -0.4 is 9.47 Å². The second kappa shape index (κ2) is 25.8. The molecule has 1 heterocycles. The molecule has 1 saturated carbocycles. The Morgan fingerprint density at radius 3 is 1.88 bits per heavy atom.